The van der Waals surface area contributed by atoms with Crippen LogP contribution in [0.1, 0.15) is 6.42 Å². The third-order valence-electron chi connectivity index (χ3n) is 4.49. The Labute approximate surface area is 184 Å². The van der Waals surface area contributed by atoms with E-state index in [0.717, 1.165) is 0 Å². The molecule has 9 heteroatoms. The van der Waals surface area contributed by atoms with Crippen LogP contribution in [0.3, 0.4) is 0 Å². The van der Waals surface area contributed by atoms with Crippen LogP contribution in [-0.2, 0) is 20.2 Å². The first-order valence-corrected chi connectivity index (χ1v) is 14.8. The van der Waals surface area contributed by atoms with Gasteiger partial charge in [-0.05, 0) is 42.8 Å². The molecule has 0 aliphatic heterocycles. The van der Waals surface area contributed by atoms with E-state index in [2.05, 4.69) is 36.4 Å². The number of hydrogen-bond donors (Lipinski definition) is 1. The van der Waals surface area contributed by atoms with Crippen molar-refractivity contribution >= 4 is 43.4 Å². The summed E-state index contributed by atoms with van der Waals surface area (Å²) < 4.78 is 59.0. The van der Waals surface area contributed by atoms with Crippen LogP contribution in [0.5, 0.6) is 0 Å². The van der Waals surface area contributed by atoms with Crippen molar-refractivity contribution in [1.29, 1.82) is 0 Å². The lowest BCUT2D eigenvalue weighted by molar-refractivity contribution is 0.469. The average Bonchev–Trinajstić information content (AvgIpc) is 2.71. The van der Waals surface area contributed by atoms with Gasteiger partial charge in [0.15, 0.2) is 0 Å². The van der Waals surface area contributed by atoms with Gasteiger partial charge in [-0.15, -0.1) is 0 Å². The summed E-state index contributed by atoms with van der Waals surface area (Å²) in [5, 5.41) is 3.65. The fourth-order valence-electron chi connectivity index (χ4n) is 3.37. The molecule has 0 heterocycles. The number of rotatable bonds is 7. The second-order valence-corrected chi connectivity index (χ2v) is 13.5. The zero-order valence-electron chi connectivity index (χ0n) is 17.0. The molecule has 0 amide bonds. The fraction of sp³-hybridized carbons (Fsp3) is 0.182. The third-order valence-corrected chi connectivity index (χ3v) is 9.82. The SMILES string of the molecule is CS(=O)(=O)[O-].O=S(=O)(O)CCC[P+](c1ccccc1)(c1ccccc1)c1ccccc1. The molecule has 0 saturated carbocycles. The second kappa shape index (κ2) is 11.0. The molecule has 0 atom stereocenters. The van der Waals surface area contributed by atoms with Crippen LogP contribution in [0.25, 0.3) is 0 Å². The summed E-state index contributed by atoms with van der Waals surface area (Å²) in [6.45, 7) is 0. The Hall–Kier alpha value is -2.09. The summed E-state index contributed by atoms with van der Waals surface area (Å²) in [6, 6.07) is 30.9. The van der Waals surface area contributed by atoms with E-state index in [1.54, 1.807) is 0 Å². The van der Waals surface area contributed by atoms with Gasteiger partial charge in [0.05, 0.1) is 22.0 Å². The molecule has 0 bridgehead atoms. The Bertz CT molecular complexity index is 1050. The van der Waals surface area contributed by atoms with Gasteiger partial charge in [0.1, 0.15) is 23.2 Å². The molecule has 0 aromatic heterocycles. The van der Waals surface area contributed by atoms with Gasteiger partial charge in [0, 0.05) is 6.26 Å². The maximum Gasteiger partial charge on any atom is 0.264 e. The Kier molecular flexibility index (Phi) is 8.91. The van der Waals surface area contributed by atoms with Crippen molar-refractivity contribution in [2.45, 2.75) is 6.42 Å². The molecular formula is C22H25O6PS2. The van der Waals surface area contributed by atoms with Crippen molar-refractivity contribution in [2.24, 2.45) is 0 Å². The van der Waals surface area contributed by atoms with Gasteiger partial charge < -0.3 is 4.55 Å². The van der Waals surface area contributed by atoms with E-state index >= 15 is 0 Å². The highest BCUT2D eigenvalue weighted by atomic mass is 32.2. The molecule has 1 N–H and O–H groups in total. The largest absolute Gasteiger partial charge is 0.748 e. The molecule has 6 nitrogen and oxygen atoms in total. The van der Waals surface area contributed by atoms with Gasteiger partial charge in [0.25, 0.3) is 10.1 Å². The first-order chi connectivity index (χ1) is 14.5. The van der Waals surface area contributed by atoms with E-state index in [1.165, 1.54) is 15.9 Å². The monoisotopic (exact) mass is 480 g/mol. The van der Waals surface area contributed by atoms with Crippen LogP contribution in [-0.4, -0.2) is 44.1 Å². The minimum absolute atomic E-state index is 0.221. The molecule has 3 aromatic rings. The molecule has 0 aliphatic carbocycles. The summed E-state index contributed by atoms with van der Waals surface area (Å²) in [6.07, 6.45) is 1.70. The standard InChI is InChI=1S/C21H21O3PS.CH4O3S/c22-26(23,24)18-10-17-25(19-11-4-1-5-12-19,20-13-6-2-7-14-20)21-15-8-3-9-16-21;1-5(2,3)4/h1-9,11-16H,10,17-18H2;1H3,(H,2,3,4). The highest BCUT2D eigenvalue weighted by Gasteiger charge is 2.44. The van der Waals surface area contributed by atoms with Crippen LogP contribution < -0.4 is 15.9 Å². The summed E-state index contributed by atoms with van der Waals surface area (Å²) >= 11 is 0. The minimum Gasteiger partial charge on any atom is -0.748 e. The first kappa shape index (κ1) is 25.2. The molecule has 166 valence electrons. The normalized spacial score (nSPS) is 12.0. The minimum atomic E-state index is -3.98. The first-order valence-electron chi connectivity index (χ1n) is 9.43. The molecular weight excluding hydrogens is 455 g/mol. The summed E-state index contributed by atoms with van der Waals surface area (Å²) in [7, 11) is -9.91. The molecule has 0 fully saturated rings. The highest BCUT2D eigenvalue weighted by Crippen LogP contribution is 2.55. The lowest BCUT2D eigenvalue weighted by atomic mass is 10.4. The van der Waals surface area contributed by atoms with Gasteiger partial charge in [-0.25, -0.2) is 8.42 Å². The maximum atomic E-state index is 11.3. The Morgan fingerprint density at radius 2 is 1.00 bits per heavy atom. The van der Waals surface area contributed by atoms with Crippen molar-refractivity contribution in [3.8, 4) is 0 Å². The summed E-state index contributed by atoms with van der Waals surface area (Å²) in [4.78, 5) is 0. The van der Waals surface area contributed by atoms with Crippen LogP contribution >= 0.6 is 7.26 Å². The zero-order chi connectivity index (χ0) is 23.0. The lowest BCUT2D eigenvalue weighted by Crippen LogP contribution is -2.33. The third kappa shape index (κ3) is 8.16. The predicted molar refractivity (Wildman–Crippen MR) is 127 cm³/mol. The fourth-order valence-corrected chi connectivity index (χ4v) is 8.43. The molecule has 3 aromatic carbocycles. The van der Waals surface area contributed by atoms with E-state index in [-0.39, 0.29) is 5.75 Å². The quantitative estimate of drug-likeness (QED) is 0.411. The van der Waals surface area contributed by atoms with E-state index in [4.69, 9.17) is 13.0 Å². The molecule has 0 saturated heterocycles. The van der Waals surface area contributed by atoms with Gasteiger partial charge >= 0.3 is 0 Å². The van der Waals surface area contributed by atoms with Crippen molar-refractivity contribution in [1.82, 2.24) is 0 Å². The van der Waals surface area contributed by atoms with Gasteiger partial charge in [-0.2, -0.15) is 8.42 Å². The van der Waals surface area contributed by atoms with Crippen molar-refractivity contribution < 1.29 is 25.9 Å². The van der Waals surface area contributed by atoms with E-state index < -0.39 is 27.5 Å². The van der Waals surface area contributed by atoms with Crippen LogP contribution in [0.15, 0.2) is 91.0 Å². The Morgan fingerprint density at radius 1 is 0.710 bits per heavy atom. The maximum absolute atomic E-state index is 11.3. The van der Waals surface area contributed by atoms with Crippen LogP contribution in [0.4, 0.5) is 0 Å². The van der Waals surface area contributed by atoms with E-state index in [9.17, 15) is 13.0 Å². The molecule has 31 heavy (non-hydrogen) atoms. The topological polar surface area (TPSA) is 112 Å². The molecule has 3 rings (SSSR count). The van der Waals surface area contributed by atoms with Crippen LogP contribution in [0.2, 0.25) is 0 Å². The highest BCUT2D eigenvalue weighted by molar-refractivity contribution is 7.95. The lowest BCUT2D eigenvalue weighted by Gasteiger charge is -2.27. The van der Waals surface area contributed by atoms with Gasteiger partial charge in [-0.3, -0.25) is 4.55 Å². The number of benzene rings is 3. The number of hydrogen-bond acceptors (Lipinski definition) is 5. The van der Waals surface area contributed by atoms with E-state index in [1.807, 2.05) is 54.6 Å². The molecule has 0 radical (unpaired) electrons. The Balaban J connectivity index is 0.000000614. The summed E-state index contributed by atoms with van der Waals surface area (Å²) in [5.74, 6) is -0.221. The zero-order valence-corrected chi connectivity index (χ0v) is 19.6. The Morgan fingerprint density at radius 3 is 1.26 bits per heavy atom. The smallest absolute Gasteiger partial charge is 0.264 e. The molecule has 0 aliphatic rings. The van der Waals surface area contributed by atoms with Crippen molar-refractivity contribution in [3.05, 3.63) is 91.0 Å². The molecule has 0 unspecified atom stereocenters. The van der Waals surface area contributed by atoms with E-state index in [0.29, 0.717) is 18.8 Å². The second-order valence-electron chi connectivity index (χ2n) is 6.88. The average molecular weight is 481 g/mol. The predicted octanol–water partition coefficient (Wildman–Crippen LogP) is 2.42. The van der Waals surface area contributed by atoms with Gasteiger partial charge in [-0.1, -0.05) is 54.6 Å². The summed E-state index contributed by atoms with van der Waals surface area (Å²) in [5.41, 5.74) is 0. The van der Waals surface area contributed by atoms with Gasteiger partial charge in [0.2, 0.25) is 0 Å². The van der Waals surface area contributed by atoms with Crippen molar-refractivity contribution in [3.63, 3.8) is 0 Å². The molecule has 0 spiro atoms. The van der Waals surface area contributed by atoms with Crippen LogP contribution in [0, 0.1) is 0 Å². The van der Waals surface area contributed by atoms with Crippen molar-refractivity contribution in [2.75, 3.05) is 18.2 Å².